The number of alkyl halides is 3. The van der Waals surface area contributed by atoms with Gasteiger partial charge in [-0.1, -0.05) is 6.92 Å². The molecule has 1 rings (SSSR count). The number of nitrogens with one attached hydrogen (secondary N) is 1. The van der Waals surface area contributed by atoms with Gasteiger partial charge in [0, 0.05) is 26.2 Å². The molecule has 23 heavy (non-hydrogen) atoms. The van der Waals surface area contributed by atoms with E-state index in [2.05, 4.69) is 22.1 Å². The molecule has 8 heteroatoms. The number of rotatable bonds is 6. The third-order valence-corrected chi connectivity index (χ3v) is 3.70. The van der Waals surface area contributed by atoms with Crippen molar-refractivity contribution >= 4 is 29.9 Å². The number of hydrogen-bond donors (Lipinski definition) is 1. The summed E-state index contributed by atoms with van der Waals surface area (Å²) in [5.41, 5.74) is 0. The number of halogens is 4. The van der Waals surface area contributed by atoms with Gasteiger partial charge in [0.2, 0.25) is 0 Å². The molecule has 1 atom stereocenters. The van der Waals surface area contributed by atoms with E-state index in [-0.39, 0.29) is 24.0 Å². The fourth-order valence-corrected chi connectivity index (χ4v) is 2.72. The van der Waals surface area contributed by atoms with Crippen LogP contribution in [0.25, 0.3) is 0 Å². The predicted molar refractivity (Wildman–Crippen MR) is 99.5 cm³/mol. The van der Waals surface area contributed by atoms with Crippen molar-refractivity contribution in [2.75, 3.05) is 46.3 Å². The summed E-state index contributed by atoms with van der Waals surface area (Å²) in [6.07, 6.45) is -1.08. The maximum Gasteiger partial charge on any atom is 0.401 e. The zero-order chi connectivity index (χ0) is 16.6. The fraction of sp³-hybridized carbons (Fsp3) is 0.933. The van der Waals surface area contributed by atoms with Crippen molar-refractivity contribution in [2.24, 2.45) is 10.9 Å². The van der Waals surface area contributed by atoms with Crippen molar-refractivity contribution in [1.82, 2.24) is 15.1 Å². The van der Waals surface area contributed by atoms with Crippen LogP contribution >= 0.6 is 24.0 Å². The molecule has 1 fully saturated rings. The lowest BCUT2D eigenvalue weighted by Gasteiger charge is -2.33. The van der Waals surface area contributed by atoms with Crippen molar-refractivity contribution in [3.05, 3.63) is 0 Å². The Morgan fingerprint density at radius 3 is 2.65 bits per heavy atom. The van der Waals surface area contributed by atoms with Crippen molar-refractivity contribution < 1.29 is 13.2 Å². The quantitative estimate of drug-likeness (QED) is 0.292. The molecule has 4 nitrogen and oxygen atoms in total. The molecule has 0 aliphatic carbocycles. The van der Waals surface area contributed by atoms with Crippen LogP contribution in [0, 0.1) is 5.92 Å². The summed E-state index contributed by atoms with van der Waals surface area (Å²) in [5, 5.41) is 3.28. The monoisotopic (exact) mass is 450 g/mol. The smallest absolute Gasteiger partial charge is 0.357 e. The zero-order valence-electron chi connectivity index (χ0n) is 14.3. The Kier molecular flexibility index (Phi) is 11.2. The Labute approximate surface area is 154 Å². The molecular formula is C15H30F3IN4. The average molecular weight is 450 g/mol. The highest BCUT2D eigenvalue weighted by Crippen LogP contribution is 2.16. The summed E-state index contributed by atoms with van der Waals surface area (Å²) in [4.78, 5) is 8.12. The summed E-state index contributed by atoms with van der Waals surface area (Å²) in [6.45, 7) is 7.16. The van der Waals surface area contributed by atoms with E-state index in [0.29, 0.717) is 25.4 Å². The Hall–Kier alpha value is -0.250. The van der Waals surface area contributed by atoms with Crippen LogP contribution in [0.3, 0.4) is 0 Å². The van der Waals surface area contributed by atoms with Crippen LogP contribution in [-0.2, 0) is 0 Å². The molecule has 138 valence electrons. The number of piperidine rings is 1. The lowest BCUT2D eigenvalue weighted by Crippen LogP contribution is -2.46. The van der Waals surface area contributed by atoms with Gasteiger partial charge in [-0.3, -0.25) is 9.89 Å². The lowest BCUT2D eigenvalue weighted by atomic mass is 10.0. The molecule has 1 unspecified atom stereocenters. The molecule has 1 N–H and O–H groups in total. The highest BCUT2D eigenvalue weighted by atomic mass is 127. The molecular weight excluding hydrogens is 420 g/mol. The van der Waals surface area contributed by atoms with Crippen LogP contribution in [0.5, 0.6) is 0 Å². The largest absolute Gasteiger partial charge is 0.401 e. The van der Waals surface area contributed by atoms with Crippen LogP contribution in [0.1, 0.15) is 33.1 Å². The summed E-state index contributed by atoms with van der Waals surface area (Å²) >= 11 is 0. The molecule has 1 aliphatic heterocycles. The Morgan fingerprint density at radius 1 is 1.39 bits per heavy atom. The minimum atomic E-state index is -4.13. The molecule has 0 aromatic carbocycles. The molecule has 1 aliphatic rings. The molecule has 0 aromatic heterocycles. The van der Waals surface area contributed by atoms with Crippen LogP contribution < -0.4 is 5.32 Å². The van der Waals surface area contributed by atoms with Crippen molar-refractivity contribution in [2.45, 2.75) is 39.3 Å². The SMILES string of the molecule is CCNC(=NCCCN(C)CC(F)(F)F)N1CCCC(C)C1.I. The number of guanidine groups is 1. The molecule has 0 spiro atoms. The Balaban J connectivity index is 0.00000484. The standard InChI is InChI=1S/C15H29F3N4.HI/c1-4-19-14(22-10-5-7-13(2)11-22)20-8-6-9-21(3)12-15(16,17)18;/h13H,4-12H2,1-3H3,(H,19,20);1H. The molecule has 0 saturated carbocycles. The van der Waals surface area contributed by atoms with Crippen LogP contribution in [0.15, 0.2) is 4.99 Å². The van der Waals surface area contributed by atoms with Gasteiger partial charge in [0.1, 0.15) is 0 Å². The molecule has 1 heterocycles. The average Bonchev–Trinajstić information content (AvgIpc) is 2.40. The highest BCUT2D eigenvalue weighted by Gasteiger charge is 2.28. The number of likely N-dealkylation sites (tertiary alicyclic amines) is 1. The summed E-state index contributed by atoms with van der Waals surface area (Å²) in [5.74, 6) is 1.56. The first kappa shape index (κ1) is 22.8. The zero-order valence-corrected chi connectivity index (χ0v) is 16.7. The van der Waals surface area contributed by atoms with E-state index in [1.807, 2.05) is 6.92 Å². The second-order valence-electron chi connectivity index (χ2n) is 6.14. The van der Waals surface area contributed by atoms with Gasteiger partial charge < -0.3 is 10.2 Å². The van der Waals surface area contributed by atoms with E-state index in [0.717, 1.165) is 25.6 Å². The van der Waals surface area contributed by atoms with E-state index in [1.165, 1.54) is 24.8 Å². The topological polar surface area (TPSA) is 30.9 Å². The molecule has 1 saturated heterocycles. The Bertz CT molecular complexity index is 350. The number of aliphatic imine (C=N–C) groups is 1. The third kappa shape index (κ3) is 10.3. The van der Waals surface area contributed by atoms with E-state index < -0.39 is 12.7 Å². The third-order valence-electron chi connectivity index (χ3n) is 3.70. The van der Waals surface area contributed by atoms with E-state index >= 15 is 0 Å². The van der Waals surface area contributed by atoms with Crippen LogP contribution in [0.2, 0.25) is 0 Å². The molecule has 0 radical (unpaired) electrons. The first-order valence-electron chi connectivity index (χ1n) is 8.10. The van der Waals surface area contributed by atoms with Crippen molar-refractivity contribution in [3.63, 3.8) is 0 Å². The van der Waals surface area contributed by atoms with Crippen molar-refractivity contribution in [1.29, 1.82) is 0 Å². The first-order chi connectivity index (χ1) is 10.3. The van der Waals surface area contributed by atoms with Crippen LogP contribution in [-0.4, -0.2) is 68.3 Å². The van der Waals surface area contributed by atoms with E-state index in [9.17, 15) is 13.2 Å². The van der Waals surface area contributed by atoms with Gasteiger partial charge in [0.05, 0.1) is 6.54 Å². The second-order valence-corrected chi connectivity index (χ2v) is 6.14. The second kappa shape index (κ2) is 11.3. The summed E-state index contributed by atoms with van der Waals surface area (Å²) in [6, 6.07) is 0. The molecule has 0 amide bonds. The van der Waals surface area contributed by atoms with Gasteiger partial charge in [-0.2, -0.15) is 13.2 Å². The van der Waals surface area contributed by atoms with Gasteiger partial charge in [-0.05, 0) is 45.7 Å². The van der Waals surface area contributed by atoms with Crippen LogP contribution in [0.4, 0.5) is 13.2 Å². The van der Waals surface area contributed by atoms with Gasteiger partial charge in [0.15, 0.2) is 5.96 Å². The first-order valence-corrected chi connectivity index (χ1v) is 8.10. The Morgan fingerprint density at radius 2 is 2.09 bits per heavy atom. The lowest BCUT2D eigenvalue weighted by molar-refractivity contribution is -0.143. The minimum absolute atomic E-state index is 0. The van der Waals surface area contributed by atoms with Gasteiger partial charge >= 0.3 is 6.18 Å². The predicted octanol–water partition coefficient (Wildman–Crippen LogP) is 3.19. The maximum absolute atomic E-state index is 12.2. The highest BCUT2D eigenvalue weighted by molar-refractivity contribution is 14.0. The van der Waals surface area contributed by atoms with Gasteiger partial charge in [0.25, 0.3) is 0 Å². The van der Waals surface area contributed by atoms with Gasteiger partial charge in [-0.25, -0.2) is 0 Å². The van der Waals surface area contributed by atoms with E-state index in [4.69, 9.17) is 0 Å². The summed E-state index contributed by atoms with van der Waals surface area (Å²) in [7, 11) is 1.49. The number of hydrogen-bond acceptors (Lipinski definition) is 2. The number of nitrogens with zero attached hydrogens (tertiary/aromatic N) is 3. The van der Waals surface area contributed by atoms with Crippen molar-refractivity contribution in [3.8, 4) is 0 Å². The minimum Gasteiger partial charge on any atom is -0.357 e. The van der Waals surface area contributed by atoms with E-state index in [1.54, 1.807) is 0 Å². The summed E-state index contributed by atoms with van der Waals surface area (Å²) < 4.78 is 36.7. The molecule has 0 bridgehead atoms. The fourth-order valence-electron chi connectivity index (χ4n) is 2.72. The molecule has 0 aromatic rings. The van der Waals surface area contributed by atoms with Gasteiger partial charge in [-0.15, -0.1) is 24.0 Å². The normalized spacial score (nSPS) is 19.7. The maximum atomic E-state index is 12.2.